The predicted molar refractivity (Wildman–Crippen MR) is 295 cm³/mol. The van der Waals surface area contributed by atoms with E-state index in [4.69, 9.17) is 14.4 Å². The zero-order valence-electron chi connectivity index (χ0n) is 48.6. The number of methoxy groups -OCH3 is 1. The average molecular weight is 1080 g/mol. The quantitative estimate of drug-likeness (QED) is 0.0387. The van der Waals surface area contributed by atoms with E-state index in [1.54, 1.807) is 45.0 Å². The van der Waals surface area contributed by atoms with Crippen molar-refractivity contribution in [2.24, 2.45) is 0 Å². The predicted octanol–water partition coefficient (Wildman–Crippen LogP) is 8.04. The van der Waals surface area contributed by atoms with Gasteiger partial charge in [-0.1, -0.05) is 24.3 Å². The van der Waals surface area contributed by atoms with Gasteiger partial charge in [-0.05, 0) is 202 Å². The number of nitrogens with one attached hydrogen (secondary N) is 6. The molecule has 6 N–H and O–H groups in total. The highest BCUT2D eigenvalue weighted by molar-refractivity contribution is 5.95. The molecule has 0 radical (unpaired) electrons. The van der Waals surface area contributed by atoms with E-state index >= 15 is 0 Å². The lowest BCUT2D eigenvalue weighted by atomic mass is 9.82. The molecule has 0 aromatic heterocycles. The van der Waals surface area contributed by atoms with Gasteiger partial charge in [-0.15, -0.1) is 0 Å². The number of benzene rings is 2. The lowest BCUT2D eigenvalue weighted by molar-refractivity contribution is -0.304. The van der Waals surface area contributed by atoms with Crippen LogP contribution in [0.4, 0.5) is 4.79 Å². The zero-order valence-corrected chi connectivity index (χ0v) is 48.6. The lowest BCUT2D eigenvalue weighted by Gasteiger charge is -2.52. The summed E-state index contributed by atoms with van der Waals surface area (Å²) in [5.41, 5.74) is 1.58. The monoisotopic (exact) mass is 1080 g/mol. The summed E-state index contributed by atoms with van der Waals surface area (Å²) in [7, 11) is 1.18. The molecule has 0 saturated carbocycles. The Balaban J connectivity index is 1.26. The molecule has 2 fully saturated rings. The third-order valence-electron chi connectivity index (χ3n) is 14.3. The van der Waals surface area contributed by atoms with Crippen LogP contribution in [-0.4, -0.2) is 125 Å². The fourth-order valence-corrected chi connectivity index (χ4v) is 10.2. The van der Waals surface area contributed by atoms with Crippen molar-refractivity contribution in [2.75, 3.05) is 33.3 Å². The largest absolute Gasteiger partial charge is 0.468 e. The first-order valence-corrected chi connectivity index (χ1v) is 27.6. The van der Waals surface area contributed by atoms with Gasteiger partial charge in [0.15, 0.2) is 0 Å². The van der Waals surface area contributed by atoms with Gasteiger partial charge in [0, 0.05) is 46.4 Å². The van der Waals surface area contributed by atoms with E-state index in [0.29, 0.717) is 49.9 Å². The standard InChI is InChI=1S/C58H92N8O11/c1-39(76-65-55(6,7)31-19-32-56(65,8)9)41-23-27-43(28-24-41)49(69)59-35-17-15-21-45(51(71)62-38-48(68)74-14)63-47(67)37-61-52(72)46(64-53(73)75-54(3,4)5)22-16-18-36-60-50(70)44-29-25-42(26-30-44)40(2)77-66-57(10,11)33-20-34-58(66,12)13/h23-30,39-40,45-46H,15-22,31-38H2,1-14H3,(H,59,69)(H,60,70)(H,61,72)(H,62,71)(H,63,67)(H,64,73)/t39?,40?,45-,46-/m0/s1. The summed E-state index contributed by atoms with van der Waals surface area (Å²) in [4.78, 5) is 104. The second-order valence-corrected chi connectivity index (χ2v) is 24.1. The second-order valence-electron chi connectivity index (χ2n) is 24.1. The van der Waals surface area contributed by atoms with Crippen molar-refractivity contribution in [2.45, 2.75) is 219 Å². The maximum Gasteiger partial charge on any atom is 0.408 e. The molecule has 0 aliphatic carbocycles. The summed E-state index contributed by atoms with van der Waals surface area (Å²) in [6, 6.07) is 12.5. The number of amides is 6. The van der Waals surface area contributed by atoms with Gasteiger partial charge in [0.25, 0.3) is 11.8 Å². The minimum Gasteiger partial charge on any atom is -0.468 e. The third-order valence-corrected chi connectivity index (χ3v) is 14.3. The van der Waals surface area contributed by atoms with Gasteiger partial charge in [-0.3, -0.25) is 38.4 Å². The Bertz CT molecular complexity index is 2260. The average Bonchev–Trinajstić information content (AvgIpc) is 3.35. The van der Waals surface area contributed by atoms with Gasteiger partial charge in [0.05, 0.1) is 13.7 Å². The van der Waals surface area contributed by atoms with Gasteiger partial charge >= 0.3 is 12.1 Å². The van der Waals surface area contributed by atoms with Gasteiger partial charge < -0.3 is 41.4 Å². The first-order chi connectivity index (χ1) is 35.9. The smallest absolute Gasteiger partial charge is 0.408 e. The molecule has 2 heterocycles. The molecule has 4 atom stereocenters. The summed E-state index contributed by atoms with van der Waals surface area (Å²) in [6.45, 7) is 26.3. The number of hydrogen-bond donors (Lipinski definition) is 6. The van der Waals surface area contributed by atoms with Crippen LogP contribution in [-0.2, 0) is 38.3 Å². The van der Waals surface area contributed by atoms with Crippen molar-refractivity contribution in [3.8, 4) is 0 Å². The van der Waals surface area contributed by atoms with Crippen LogP contribution >= 0.6 is 0 Å². The Morgan fingerprint density at radius 1 is 0.545 bits per heavy atom. The molecule has 2 aromatic carbocycles. The number of hydrogen-bond acceptors (Lipinski definition) is 13. The lowest BCUT2D eigenvalue weighted by Crippen LogP contribution is -2.58. The molecule has 2 aliphatic heterocycles. The number of nitrogens with zero attached hydrogens (tertiary/aromatic N) is 2. The fourth-order valence-electron chi connectivity index (χ4n) is 10.2. The molecule has 2 saturated heterocycles. The molecule has 2 unspecified atom stereocenters. The highest BCUT2D eigenvalue weighted by Gasteiger charge is 2.44. The maximum atomic E-state index is 13.5. The van der Waals surface area contributed by atoms with Crippen LogP contribution in [0.3, 0.4) is 0 Å². The Morgan fingerprint density at radius 2 is 0.922 bits per heavy atom. The molecule has 430 valence electrons. The van der Waals surface area contributed by atoms with Crippen LogP contribution in [0.1, 0.15) is 211 Å². The molecule has 4 rings (SSSR count). The van der Waals surface area contributed by atoms with Crippen LogP contribution in [0, 0.1) is 0 Å². The van der Waals surface area contributed by atoms with Crippen molar-refractivity contribution in [1.29, 1.82) is 0 Å². The van der Waals surface area contributed by atoms with E-state index in [9.17, 15) is 33.6 Å². The topological polar surface area (TPSA) is 235 Å². The van der Waals surface area contributed by atoms with Crippen LogP contribution in [0.5, 0.6) is 0 Å². The van der Waals surface area contributed by atoms with Crippen LogP contribution < -0.4 is 31.9 Å². The number of esters is 1. The second kappa shape index (κ2) is 28.3. The first kappa shape index (κ1) is 63.9. The van der Waals surface area contributed by atoms with E-state index < -0.39 is 60.6 Å². The molecule has 19 heteroatoms. The zero-order chi connectivity index (χ0) is 57.4. The highest BCUT2D eigenvalue weighted by atomic mass is 16.7. The number of rotatable bonds is 26. The summed E-state index contributed by atoms with van der Waals surface area (Å²) in [5, 5.41) is 20.3. The fraction of sp³-hybridized carbons (Fsp3) is 0.672. The molecular formula is C58H92N8O11. The summed E-state index contributed by atoms with van der Waals surface area (Å²) >= 11 is 0. The maximum absolute atomic E-state index is 13.5. The Hall–Kier alpha value is -5.63. The number of carbonyl (C=O) groups excluding carboxylic acids is 7. The van der Waals surface area contributed by atoms with Crippen LogP contribution in [0.25, 0.3) is 0 Å². The van der Waals surface area contributed by atoms with Crippen molar-refractivity contribution in [3.63, 3.8) is 0 Å². The van der Waals surface area contributed by atoms with Gasteiger partial charge in [-0.2, -0.15) is 10.1 Å². The Kier molecular flexibility index (Phi) is 23.5. The van der Waals surface area contributed by atoms with Crippen molar-refractivity contribution < 1.29 is 52.7 Å². The summed E-state index contributed by atoms with van der Waals surface area (Å²) < 4.78 is 10.1. The van der Waals surface area contributed by atoms with E-state index in [2.05, 4.69) is 102 Å². The Morgan fingerprint density at radius 3 is 1.30 bits per heavy atom. The number of alkyl carbamates (subject to hydrolysis) is 1. The molecule has 19 nitrogen and oxygen atoms in total. The number of ether oxygens (including phenoxy) is 2. The van der Waals surface area contributed by atoms with Gasteiger partial charge in [-0.25, -0.2) is 4.79 Å². The molecule has 2 aromatic rings. The molecule has 77 heavy (non-hydrogen) atoms. The van der Waals surface area contributed by atoms with E-state index in [-0.39, 0.29) is 59.0 Å². The third kappa shape index (κ3) is 20.3. The molecule has 0 spiro atoms. The minimum atomic E-state index is -1.10. The Labute approximate surface area is 458 Å². The van der Waals surface area contributed by atoms with Gasteiger partial charge in [0.2, 0.25) is 17.7 Å². The number of piperidine rings is 2. The molecule has 2 aliphatic rings. The van der Waals surface area contributed by atoms with Crippen molar-refractivity contribution in [1.82, 2.24) is 42.0 Å². The SMILES string of the molecule is COC(=O)CNC(=O)[C@H](CCCCNC(=O)c1ccc(C(C)ON2C(C)(C)CCCC2(C)C)cc1)NC(=O)CNC(=O)[C@H](CCCCNC(=O)c1ccc(C(C)ON2C(C)(C)CCCC2(C)C)cc1)NC(=O)OC(C)(C)C. The first-order valence-electron chi connectivity index (χ1n) is 27.6. The van der Waals surface area contributed by atoms with Crippen molar-refractivity contribution >= 4 is 41.6 Å². The number of hydroxylamine groups is 4. The number of unbranched alkanes of at least 4 members (excludes halogenated alkanes) is 2. The van der Waals surface area contributed by atoms with Crippen molar-refractivity contribution in [3.05, 3.63) is 70.8 Å². The van der Waals surface area contributed by atoms with E-state index in [0.717, 1.165) is 49.7 Å². The molecule has 6 amide bonds. The summed E-state index contributed by atoms with van der Waals surface area (Å²) in [6.07, 6.45) is 7.24. The molecule has 0 bridgehead atoms. The number of carbonyl (C=O) groups is 7. The summed E-state index contributed by atoms with van der Waals surface area (Å²) in [5.74, 6) is -3.20. The molecular weight excluding hydrogens is 985 g/mol. The normalized spacial score (nSPS) is 18.5. The van der Waals surface area contributed by atoms with Gasteiger partial charge in [0.1, 0.15) is 36.4 Å². The van der Waals surface area contributed by atoms with E-state index in [1.807, 2.05) is 38.1 Å². The minimum absolute atomic E-state index is 0.107. The highest BCUT2D eigenvalue weighted by Crippen LogP contribution is 2.42. The van der Waals surface area contributed by atoms with E-state index in [1.165, 1.54) is 7.11 Å². The van der Waals surface area contributed by atoms with Crippen LogP contribution in [0.2, 0.25) is 0 Å². The van der Waals surface area contributed by atoms with Crippen LogP contribution in [0.15, 0.2) is 48.5 Å².